The SMILES string of the molecule is c1ccc(CC2CCCN(CC3CCNCC3)C2)cc1. The maximum atomic E-state index is 3.47. The first kappa shape index (κ1) is 14.1. The molecule has 1 unspecified atom stereocenters. The lowest BCUT2D eigenvalue weighted by atomic mass is 9.90. The van der Waals surface area contributed by atoms with Gasteiger partial charge in [0.1, 0.15) is 0 Å². The predicted molar refractivity (Wildman–Crippen MR) is 84.9 cm³/mol. The van der Waals surface area contributed by atoms with Crippen molar-refractivity contribution >= 4 is 0 Å². The number of piperidine rings is 2. The van der Waals surface area contributed by atoms with Crippen molar-refractivity contribution in [3.63, 3.8) is 0 Å². The molecule has 1 aromatic rings. The minimum Gasteiger partial charge on any atom is -0.317 e. The van der Waals surface area contributed by atoms with Gasteiger partial charge in [-0.2, -0.15) is 0 Å². The third kappa shape index (κ3) is 4.07. The predicted octanol–water partition coefficient (Wildman–Crippen LogP) is 2.94. The molecule has 1 aromatic carbocycles. The third-order valence-corrected chi connectivity index (χ3v) is 4.95. The molecule has 0 aliphatic carbocycles. The maximum Gasteiger partial charge on any atom is 0.00130 e. The van der Waals surface area contributed by atoms with Gasteiger partial charge in [0.25, 0.3) is 0 Å². The number of likely N-dealkylation sites (tertiary alicyclic amines) is 1. The van der Waals surface area contributed by atoms with E-state index in [9.17, 15) is 0 Å². The van der Waals surface area contributed by atoms with Gasteiger partial charge in [0.15, 0.2) is 0 Å². The van der Waals surface area contributed by atoms with Crippen LogP contribution in [0.1, 0.15) is 31.2 Å². The first-order valence-corrected chi connectivity index (χ1v) is 8.37. The van der Waals surface area contributed by atoms with Crippen LogP contribution in [0.15, 0.2) is 30.3 Å². The van der Waals surface area contributed by atoms with E-state index in [1.54, 1.807) is 0 Å². The second-order valence-electron chi connectivity index (χ2n) is 6.65. The zero-order valence-electron chi connectivity index (χ0n) is 12.6. The fourth-order valence-electron chi connectivity index (χ4n) is 3.86. The second-order valence-corrected chi connectivity index (χ2v) is 6.65. The highest BCUT2D eigenvalue weighted by atomic mass is 15.1. The van der Waals surface area contributed by atoms with E-state index in [1.807, 2.05) is 0 Å². The maximum absolute atomic E-state index is 3.47. The Morgan fingerprint density at radius 1 is 1.00 bits per heavy atom. The molecule has 2 heterocycles. The van der Waals surface area contributed by atoms with Crippen LogP contribution in [0.3, 0.4) is 0 Å². The van der Waals surface area contributed by atoms with Gasteiger partial charge in [-0.15, -0.1) is 0 Å². The monoisotopic (exact) mass is 272 g/mol. The van der Waals surface area contributed by atoms with Crippen LogP contribution >= 0.6 is 0 Å². The largest absolute Gasteiger partial charge is 0.317 e. The van der Waals surface area contributed by atoms with Gasteiger partial charge in [-0.25, -0.2) is 0 Å². The molecule has 2 nitrogen and oxygen atoms in total. The second kappa shape index (κ2) is 7.24. The van der Waals surface area contributed by atoms with Crippen molar-refractivity contribution in [2.24, 2.45) is 11.8 Å². The average Bonchev–Trinajstić information content (AvgIpc) is 2.50. The molecule has 2 heteroatoms. The molecule has 0 amide bonds. The van der Waals surface area contributed by atoms with Gasteiger partial charge in [0.2, 0.25) is 0 Å². The number of benzene rings is 1. The minimum absolute atomic E-state index is 0.868. The summed E-state index contributed by atoms with van der Waals surface area (Å²) in [5.41, 5.74) is 1.52. The molecule has 0 bridgehead atoms. The van der Waals surface area contributed by atoms with Crippen molar-refractivity contribution in [2.45, 2.75) is 32.1 Å². The van der Waals surface area contributed by atoms with Crippen molar-refractivity contribution in [1.29, 1.82) is 0 Å². The standard InChI is InChI=1S/C18H28N2/c1-2-5-16(6-3-1)13-18-7-4-12-20(15-18)14-17-8-10-19-11-9-17/h1-3,5-6,17-19H,4,7-15H2. The molecule has 0 radical (unpaired) electrons. The average molecular weight is 272 g/mol. The van der Waals surface area contributed by atoms with Crippen LogP contribution in [0.5, 0.6) is 0 Å². The summed E-state index contributed by atoms with van der Waals surface area (Å²) in [4.78, 5) is 2.74. The van der Waals surface area contributed by atoms with Crippen LogP contribution in [0, 0.1) is 11.8 Å². The Kier molecular flexibility index (Phi) is 5.10. The minimum atomic E-state index is 0.868. The lowest BCUT2D eigenvalue weighted by Crippen LogP contribution is -2.41. The van der Waals surface area contributed by atoms with E-state index < -0.39 is 0 Å². The Hall–Kier alpha value is -0.860. The molecule has 0 saturated carbocycles. The van der Waals surface area contributed by atoms with Crippen molar-refractivity contribution < 1.29 is 0 Å². The highest BCUT2D eigenvalue weighted by molar-refractivity contribution is 5.15. The van der Waals surface area contributed by atoms with E-state index >= 15 is 0 Å². The first-order valence-electron chi connectivity index (χ1n) is 8.37. The number of nitrogens with zero attached hydrogens (tertiary/aromatic N) is 1. The highest BCUT2D eigenvalue weighted by Crippen LogP contribution is 2.23. The van der Waals surface area contributed by atoms with Crippen LogP contribution in [-0.2, 0) is 6.42 Å². The Morgan fingerprint density at radius 3 is 2.60 bits per heavy atom. The first-order chi connectivity index (χ1) is 9.90. The topological polar surface area (TPSA) is 15.3 Å². The number of nitrogens with one attached hydrogen (secondary N) is 1. The smallest absolute Gasteiger partial charge is 0.00130 e. The van der Waals surface area contributed by atoms with Gasteiger partial charge in [0, 0.05) is 13.1 Å². The third-order valence-electron chi connectivity index (χ3n) is 4.95. The molecule has 0 aromatic heterocycles. The summed E-state index contributed by atoms with van der Waals surface area (Å²) in [6.45, 7) is 6.44. The lowest BCUT2D eigenvalue weighted by molar-refractivity contribution is 0.140. The molecule has 2 aliphatic heterocycles. The van der Waals surface area contributed by atoms with Crippen LogP contribution < -0.4 is 5.32 Å². The van der Waals surface area contributed by atoms with E-state index in [0.717, 1.165) is 11.8 Å². The summed E-state index contributed by atoms with van der Waals surface area (Å²) < 4.78 is 0. The molecule has 1 atom stereocenters. The number of hydrogen-bond acceptors (Lipinski definition) is 2. The fraction of sp³-hybridized carbons (Fsp3) is 0.667. The van der Waals surface area contributed by atoms with Crippen molar-refractivity contribution in [3.05, 3.63) is 35.9 Å². The van der Waals surface area contributed by atoms with Gasteiger partial charge in [-0.3, -0.25) is 0 Å². The van der Waals surface area contributed by atoms with Crippen molar-refractivity contribution in [1.82, 2.24) is 10.2 Å². The van der Waals surface area contributed by atoms with Gasteiger partial charge in [-0.05, 0) is 69.1 Å². The molecule has 2 aliphatic rings. The molecule has 20 heavy (non-hydrogen) atoms. The quantitative estimate of drug-likeness (QED) is 0.906. The summed E-state index contributed by atoms with van der Waals surface area (Å²) in [6.07, 6.45) is 6.82. The zero-order valence-corrected chi connectivity index (χ0v) is 12.6. The van der Waals surface area contributed by atoms with Gasteiger partial charge < -0.3 is 10.2 Å². The molecule has 3 rings (SSSR count). The number of rotatable bonds is 4. The summed E-state index contributed by atoms with van der Waals surface area (Å²) in [7, 11) is 0. The zero-order chi connectivity index (χ0) is 13.6. The Balaban J connectivity index is 1.48. The van der Waals surface area contributed by atoms with Gasteiger partial charge in [0.05, 0.1) is 0 Å². The van der Waals surface area contributed by atoms with E-state index in [2.05, 4.69) is 40.5 Å². The Morgan fingerprint density at radius 2 is 1.80 bits per heavy atom. The van der Waals surface area contributed by atoms with Crippen LogP contribution in [0.2, 0.25) is 0 Å². The lowest BCUT2D eigenvalue weighted by Gasteiger charge is -2.36. The highest BCUT2D eigenvalue weighted by Gasteiger charge is 2.23. The Bertz CT molecular complexity index is 384. The molecule has 2 fully saturated rings. The summed E-state index contributed by atoms with van der Waals surface area (Å²) in [6, 6.07) is 11.0. The Labute approximate surface area is 123 Å². The fourth-order valence-corrected chi connectivity index (χ4v) is 3.86. The number of hydrogen-bond donors (Lipinski definition) is 1. The van der Waals surface area contributed by atoms with Gasteiger partial charge >= 0.3 is 0 Å². The van der Waals surface area contributed by atoms with Crippen molar-refractivity contribution in [3.8, 4) is 0 Å². The van der Waals surface area contributed by atoms with E-state index in [4.69, 9.17) is 0 Å². The molecule has 0 spiro atoms. The van der Waals surface area contributed by atoms with Gasteiger partial charge in [-0.1, -0.05) is 30.3 Å². The van der Waals surface area contributed by atoms with E-state index in [0.29, 0.717) is 0 Å². The normalized spacial score (nSPS) is 25.7. The summed E-state index contributed by atoms with van der Waals surface area (Å²) in [5.74, 6) is 1.81. The molecule has 110 valence electrons. The molecular formula is C18H28N2. The molecular weight excluding hydrogens is 244 g/mol. The molecule has 2 saturated heterocycles. The molecule has 1 N–H and O–H groups in total. The van der Waals surface area contributed by atoms with E-state index in [1.165, 1.54) is 70.4 Å². The summed E-state index contributed by atoms with van der Waals surface area (Å²) in [5, 5.41) is 3.47. The van der Waals surface area contributed by atoms with Crippen LogP contribution in [0.4, 0.5) is 0 Å². The van der Waals surface area contributed by atoms with E-state index in [-0.39, 0.29) is 0 Å². The van der Waals surface area contributed by atoms with Crippen molar-refractivity contribution in [2.75, 3.05) is 32.7 Å². The van der Waals surface area contributed by atoms with Crippen LogP contribution in [0.25, 0.3) is 0 Å². The van der Waals surface area contributed by atoms with Crippen LogP contribution in [-0.4, -0.2) is 37.6 Å². The summed E-state index contributed by atoms with van der Waals surface area (Å²) >= 11 is 0.